The Morgan fingerprint density at radius 2 is 1.79 bits per heavy atom. The minimum Gasteiger partial charge on any atom is -0.297 e. The molecule has 1 rings (SSSR count). The minimum atomic E-state index is -3.87. The van der Waals surface area contributed by atoms with Crippen LogP contribution in [-0.2, 0) is 10.0 Å². The Morgan fingerprint density at radius 1 is 1.25 bits per heavy atom. The molecule has 1 aromatic rings. The van der Waals surface area contributed by atoms with E-state index in [1.165, 1.54) is 13.0 Å². The first-order chi connectivity index (χ1) is 11.0. The van der Waals surface area contributed by atoms with Gasteiger partial charge in [-0.3, -0.25) is 15.0 Å². The number of nitro benzene ring substituents is 1. The van der Waals surface area contributed by atoms with Crippen molar-refractivity contribution < 1.29 is 13.3 Å². The fourth-order valence-electron chi connectivity index (χ4n) is 2.49. The minimum absolute atomic E-state index is 0.0514. The van der Waals surface area contributed by atoms with Crippen LogP contribution in [-0.4, -0.2) is 43.4 Å². The van der Waals surface area contributed by atoms with Gasteiger partial charge in [-0.05, 0) is 40.7 Å². The van der Waals surface area contributed by atoms with Gasteiger partial charge in [0.2, 0.25) is 10.0 Å². The topological polar surface area (TPSA) is 92.6 Å². The molecule has 9 heteroatoms. The molecule has 24 heavy (non-hydrogen) atoms. The number of nitrogens with one attached hydrogen (secondary N) is 1. The molecular weight excluding hydrogens is 354 g/mol. The van der Waals surface area contributed by atoms with Crippen molar-refractivity contribution in [2.75, 3.05) is 13.1 Å². The average Bonchev–Trinajstić information content (AvgIpc) is 2.44. The molecule has 0 saturated carbocycles. The first kappa shape index (κ1) is 20.8. The third-order valence-corrected chi connectivity index (χ3v) is 5.62. The van der Waals surface area contributed by atoms with E-state index in [4.69, 9.17) is 11.6 Å². The third-order valence-electron chi connectivity index (χ3n) is 3.79. The van der Waals surface area contributed by atoms with Crippen LogP contribution in [0.15, 0.2) is 17.0 Å². The van der Waals surface area contributed by atoms with Crippen molar-refractivity contribution in [1.82, 2.24) is 9.62 Å². The predicted octanol–water partition coefficient (Wildman–Crippen LogP) is 2.95. The molecule has 0 fully saturated rings. The van der Waals surface area contributed by atoms with Gasteiger partial charge in [0.1, 0.15) is 0 Å². The molecule has 7 nitrogen and oxygen atoms in total. The van der Waals surface area contributed by atoms with Gasteiger partial charge < -0.3 is 0 Å². The number of hydrogen-bond donors (Lipinski definition) is 1. The second kappa shape index (κ2) is 8.24. The second-order valence-electron chi connectivity index (χ2n) is 6.13. The highest BCUT2D eigenvalue weighted by atomic mass is 35.5. The maximum atomic E-state index is 12.4. The Morgan fingerprint density at radius 3 is 2.25 bits per heavy atom. The van der Waals surface area contributed by atoms with Gasteiger partial charge in [0.25, 0.3) is 5.69 Å². The molecule has 0 unspecified atom stereocenters. The fraction of sp³-hybridized carbons (Fsp3) is 0.600. The van der Waals surface area contributed by atoms with Crippen LogP contribution in [0.5, 0.6) is 0 Å². The summed E-state index contributed by atoms with van der Waals surface area (Å²) < 4.78 is 27.2. The smallest absolute Gasteiger partial charge is 0.275 e. The lowest BCUT2D eigenvalue weighted by atomic mass is 10.2. The molecule has 0 bridgehead atoms. The highest BCUT2D eigenvalue weighted by Gasteiger charge is 2.23. The number of sulfonamides is 1. The van der Waals surface area contributed by atoms with Crippen LogP contribution in [0.3, 0.4) is 0 Å². The van der Waals surface area contributed by atoms with Gasteiger partial charge in [-0.2, -0.15) is 0 Å². The van der Waals surface area contributed by atoms with Crippen molar-refractivity contribution in [2.45, 2.75) is 51.6 Å². The predicted molar refractivity (Wildman–Crippen MR) is 95.0 cm³/mol. The maximum Gasteiger partial charge on any atom is 0.275 e. The van der Waals surface area contributed by atoms with E-state index >= 15 is 0 Å². The van der Waals surface area contributed by atoms with Gasteiger partial charge in [0.15, 0.2) is 0 Å². The first-order valence-electron chi connectivity index (χ1n) is 7.67. The number of rotatable bonds is 8. The van der Waals surface area contributed by atoms with E-state index < -0.39 is 14.9 Å². The number of nitrogens with zero attached hydrogens (tertiary/aromatic N) is 2. The van der Waals surface area contributed by atoms with E-state index in [0.29, 0.717) is 6.54 Å². The molecule has 1 aromatic carbocycles. The van der Waals surface area contributed by atoms with Gasteiger partial charge in [-0.25, -0.2) is 13.1 Å². The van der Waals surface area contributed by atoms with E-state index in [1.807, 2.05) is 27.7 Å². The molecule has 0 aliphatic carbocycles. The molecule has 1 N–H and O–H groups in total. The third kappa shape index (κ3) is 5.14. The van der Waals surface area contributed by atoms with Crippen LogP contribution in [0.25, 0.3) is 0 Å². The Labute approximate surface area is 148 Å². The summed E-state index contributed by atoms with van der Waals surface area (Å²) in [4.78, 5) is 12.3. The highest BCUT2D eigenvalue weighted by molar-refractivity contribution is 7.89. The summed E-state index contributed by atoms with van der Waals surface area (Å²) in [5, 5.41) is 11.1. The van der Waals surface area contributed by atoms with Crippen LogP contribution in [0.4, 0.5) is 5.69 Å². The molecule has 0 saturated heterocycles. The molecule has 0 radical (unpaired) electrons. The van der Waals surface area contributed by atoms with Gasteiger partial charge in [0.05, 0.1) is 14.8 Å². The number of hydrogen-bond acceptors (Lipinski definition) is 5. The molecule has 0 aliphatic heterocycles. The van der Waals surface area contributed by atoms with E-state index in [9.17, 15) is 18.5 Å². The SMILES string of the molecule is Cc1c(Cl)cc(S(=O)(=O)NCCN(C(C)C)C(C)C)cc1[N+](=O)[O-]. The zero-order valence-electron chi connectivity index (χ0n) is 14.5. The Hall–Kier alpha value is -1.22. The number of benzene rings is 1. The second-order valence-corrected chi connectivity index (χ2v) is 8.30. The lowest BCUT2D eigenvalue weighted by Crippen LogP contribution is -2.42. The molecule has 0 amide bonds. The van der Waals surface area contributed by atoms with Crippen molar-refractivity contribution in [1.29, 1.82) is 0 Å². The zero-order valence-corrected chi connectivity index (χ0v) is 16.1. The van der Waals surface area contributed by atoms with E-state index in [-0.39, 0.29) is 39.8 Å². The first-order valence-corrected chi connectivity index (χ1v) is 9.53. The summed E-state index contributed by atoms with van der Waals surface area (Å²) in [5.74, 6) is 0. The van der Waals surface area contributed by atoms with Gasteiger partial charge in [-0.1, -0.05) is 11.6 Å². The van der Waals surface area contributed by atoms with E-state index in [1.54, 1.807) is 0 Å². The van der Waals surface area contributed by atoms with Crippen molar-refractivity contribution >= 4 is 27.3 Å². The maximum absolute atomic E-state index is 12.4. The lowest BCUT2D eigenvalue weighted by Gasteiger charge is -2.30. The van der Waals surface area contributed by atoms with Gasteiger partial charge in [-0.15, -0.1) is 0 Å². The fourth-order valence-corrected chi connectivity index (χ4v) is 3.84. The largest absolute Gasteiger partial charge is 0.297 e. The average molecular weight is 378 g/mol. The highest BCUT2D eigenvalue weighted by Crippen LogP contribution is 2.29. The molecule has 0 aromatic heterocycles. The summed E-state index contributed by atoms with van der Waals surface area (Å²) in [5.41, 5.74) is -0.0692. The zero-order chi connectivity index (χ0) is 18.7. The Bertz CT molecular complexity index is 697. The van der Waals surface area contributed by atoms with Crippen LogP contribution >= 0.6 is 11.6 Å². The number of halogens is 1. The molecule has 0 heterocycles. The summed E-state index contributed by atoms with van der Waals surface area (Å²) in [7, 11) is -3.87. The van der Waals surface area contributed by atoms with Crippen LogP contribution in [0.1, 0.15) is 33.3 Å². The summed E-state index contributed by atoms with van der Waals surface area (Å²) in [6.45, 7) is 10.4. The monoisotopic (exact) mass is 377 g/mol. The van der Waals surface area contributed by atoms with Gasteiger partial charge in [0, 0.05) is 36.8 Å². The van der Waals surface area contributed by atoms with Crippen molar-refractivity contribution in [3.05, 3.63) is 32.8 Å². The Balaban J connectivity index is 2.96. The van der Waals surface area contributed by atoms with E-state index in [0.717, 1.165) is 6.07 Å². The summed E-state index contributed by atoms with van der Waals surface area (Å²) in [6.07, 6.45) is 0. The molecule has 136 valence electrons. The van der Waals surface area contributed by atoms with Crippen molar-refractivity contribution in [3.63, 3.8) is 0 Å². The summed E-state index contributed by atoms with van der Waals surface area (Å²) in [6, 6.07) is 2.83. The van der Waals surface area contributed by atoms with Gasteiger partial charge >= 0.3 is 0 Å². The van der Waals surface area contributed by atoms with Crippen molar-refractivity contribution in [2.24, 2.45) is 0 Å². The number of nitro groups is 1. The van der Waals surface area contributed by atoms with Crippen LogP contribution in [0.2, 0.25) is 5.02 Å². The standard InChI is InChI=1S/C15H24ClN3O4S/c1-10(2)18(11(3)4)7-6-17-24(22,23)13-8-14(16)12(5)15(9-13)19(20)21/h8-11,17H,6-7H2,1-5H3. The van der Waals surface area contributed by atoms with Crippen LogP contribution < -0.4 is 4.72 Å². The summed E-state index contributed by atoms with van der Waals surface area (Å²) >= 11 is 5.93. The molecule has 0 spiro atoms. The van der Waals surface area contributed by atoms with Crippen LogP contribution in [0, 0.1) is 17.0 Å². The molecular formula is C15H24ClN3O4S. The Kier molecular flexibility index (Phi) is 7.15. The molecule has 0 atom stereocenters. The quantitative estimate of drug-likeness (QED) is 0.555. The lowest BCUT2D eigenvalue weighted by molar-refractivity contribution is -0.385. The van der Waals surface area contributed by atoms with E-state index in [2.05, 4.69) is 9.62 Å². The van der Waals surface area contributed by atoms with Crippen molar-refractivity contribution in [3.8, 4) is 0 Å². The normalized spacial score (nSPS) is 12.4. The molecule has 0 aliphatic rings.